The Labute approximate surface area is 126 Å². The SMILES string of the molecule is C/C(=N\NC(=O)Nc1ccccc1)c1ccccc1Br. The summed E-state index contributed by atoms with van der Waals surface area (Å²) in [5.41, 5.74) is 4.86. The van der Waals surface area contributed by atoms with E-state index in [2.05, 4.69) is 31.8 Å². The first-order valence-corrected chi connectivity index (χ1v) is 6.87. The number of hydrazone groups is 1. The third kappa shape index (κ3) is 3.93. The van der Waals surface area contributed by atoms with E-state index in [1.165, 1.54) is 0 Å². The predicted molar refractivity (Wildman–Crippen MR) is 84.9 cm³/mol. The van der Waals surface area contributed by atoms with E-state index in [1.54, 1.807) is 0 Å². The van der Waals surface area contributed by atoms with Gasteiger partial charge in [-0.3, -0.25) is 0 Å². The Morgan fingerprint density at radius 2 is 1.70 bits per heavy atom. The van der Waals surface area contributed by atoms with E-state index < -0.39 is 0 Å². The predicted octanol–water partition coefficient (Wildman–Crippen LogP) is 3.99. The van der Waals surface area contributed by atoms with Crippen LogP contribution in [0.15, 0.2) is 64.2 Å². The van der Waals surface area contributed by atoms with Crippen LogP contribution in [0, 0.1) is 0 Å². The van der Waals surface area contributed by atoms with Crippen LogP contribution in [0.5, 0.6) is 0 Å². The van der Waals surface area contributed by atoms with E-state index >= 15 is 0 Å². The molecule has 0 saturated carbocycles. The third-order valence-electron chi connectivity index (χ3n) is 2.62. The topological polar surface area (TPSA) is 53.5 Å². The maximum absolute atomic E-state index is 11.7. The van der Waals surface area contributed by atoms with E-state index in [9.17, 15) is 4.79 Å². The zero-order chi connectivity index (χ0) is 14.4. The number of urea groups is 1. The number of nitrogens with one attached hydrogen (secondary N) is 2. The molecule has 4 nitrogen and oxygen atoms in total. The van der Waals surface area contributed by atoms with E-state index in [4.69, 9.17) is 0 Å². The van der Waals surface area contributed by atoms with Crippen LogP contribution in [0.25, 0.3) is 0 Å². The number of amides is 2. The van der Waals surface area contributed by atoms with Gasteiger partial charge in [-0.15, -0.1) is 0 Å². The Morgan fingerprint density at radius 1 is 1.05 bits per heavy atom. The fraction of sp³-hybridized carbons (Fsp3) is 0.0667. The molecule has 0 saturated heterocycles. The van der Waals surface area contributed by atoms with Gasteiger partial charge in [-0.2, -0.15) is 5.10 Å². The smallest absolute Gasteiger partial charge is 0.307 e. The second kappa shape index (κ2) is 6.86. The van der Waals surface area contributed by atoms with Crippen molar-refractivity contribution in [3.8, 4) is 0 Å². The summed E-state index contributed by atoms with van der Waals surface area (Å²) in [6.45, 7) is 1.84. The molecule has 0 aliphatic rings. The quantitative estimate of drug-likeness (QED) is 0.648. The number of rotatable bonds is 3. The van der Waals surface area contributed by atoms with Crippen molar-refractivity contribution in [2.45, 2.75) is 6.92 Å². The molecule has 102 valence electrons. The highest BCUT2D eigenvalue weighted by Gasteiger charge is 2.03. The van der Waals surface area contributed by atoms with Gasteiger partial charge in [0.05, 0.1) is 5.71 Å². The molecule has 0 fully saturated rings. The maximum Gasteiger partial charge on any atom is 0.339 e. The molecule has 0 unspecified atom stereocenters. The summed E-state index contributed by atoms with van der Waals surface area (Å²) in [5.74, 6) is 0. The Morgan fingerprint density at radius 3 is 2.40 bits per heavy atom. The van der Waals surface area contributed by atoms with E-state index in [0.717, 1.165) is 21.4 Å². The summed E-state index contributed by atoms with van der Waals surface area (Å²) < 4.78 is 0.937. The van der Waals surface area contributed by atoms with Crippen molar-refractivity contribution in [2.75, 3.05) is 5.32 Å². The molecule has 0 heterocycles. The van der Waals surface area contributed by atoms with Crippen molar-refractivity contribution in [1.29, 1.82) is 0 Å². The first kappa shape index (κ1) is 14.3. The first-order valence-electron chi connectivity index (χ1n) is 6.08. The fourth-order valence-electron chi connectivity index (χ4n) is 1.63. The minimum atomic E-state index is -0.373. The number of halogens is 1. The Balaban J connectivity index is 1.99. The normalized spacial score (nSPS) is 11.0. The molecule has 2 N–H and O–H groups in total. The van der Waals surface area contributed by atoms with Crippen LogP contribution >= 0.6 is 15.9 Å². The highest BCUT2D eigenvalue weighted by Crippen LogP contribution is 2.16. The maximum atomic E-state index is 11.7. The number of carbonyl (C=O) groups is 1. The van der Waals surface area contributed by atoms with Gasteiger partial charge in [0.1, 0.15) is 0 Å². The molecule has 5 heteroatoms. The molecule has 0 aliphatic carbocycles. The highest BCUT2D eigenvalue weighted by molar-refractivity contribution is 9.10. The van der Waals surface area contributed by atoms with Crippen molar-refractivity contribution >= 4 is 33.4 Å². The zero-order valence-corrected chi connectivity index (χ0v) is 12.5. The summed E-state index contributed by atoms with van der Waals surface area (Å²) in [5, 5.41) is 6.77. The molecular formula is C15H14BrN3O. The fourth-order valence-corrected chi connectivity index (χ4v) is 2.20. The van der Waals surface area contributed by atoms with E-state index in [0.29, 0.717) is 0 Å². The number of hydrogen-bond donors (Lipinski definition) is 2. The van der Waals surface area contributed by atoms with Crippen LogP contribution in [0.2, 0.25) is 0 Å². The van der Waals surface area contributed by atoms with Crippen molar-refractivity contribution in [3.05, 3.63) is 64.6 Å². The third-order valence-corrected chi connectivity index (χ3v) is 3.31. The molecule has 0 bridgehead atoms. The van der Waals surface area contributed by atoms with Crippen molar-refractivity contribution in [2.24, 2.45) is 5.10 Å². The molecule has 0 atom stereocenters. The lowest BCUT2D eigenvalue weighted by Gasteiger charge is -2.06. The first-order chi connectivity index (χ1) is 9.66. The van der Waals surface area contributed by atoms with E-state index in [-0.39, 0.29) is 6.03 Å². The molecule has 2 aromatic rings. The van der Waals surface area contributed by atoms with Crippen LogP contribution in [0.1, 0.15) is 12.5 Å². The molecule has 2 amide bonds. The van der Waals surface area contributed by atoms with Crippen LogP contribution in [-0.2, 0) is 0 Å². The highest BCUT2D eigenvalue weighted by atomic mass is 79.9. The molecular weight excluding hydrogens is 318 g/mol. The monoisotopic (exact) mass is 331 g/mol. The lowest BCUT2D eigenvalue weighted by atomic mass is 10.1. The van der Waals surface area contributed by atoms with Gasteiger partial charge >= 0.3 is 6.03 Å². The molecule has 0 radical (unpaired) electrons. The number of carbonyl (C=O) groups excluding carboxylic acids is 1. The Hall–Kier alpha value is -2.14. The minimum absolute atomic E-state index is 0.373. The van der Waals surface area contributed by atoms with Gasteiger partial charge in [-0.05, 0) is 25.1 Å². The molecule has 0 spiro atoms. The minimum Gasteiger partial charge on any atom is -0.307 e. The van der Waals surface area contributed by atoms with Crippen LogP contribution in [0.4, 0.5) is 10.5 Å². The van der Waals surface area contributed by atoms with Gasteiger partial charge in [0.15, 0.2) is 0 Å². The molecule has 20 heavy (non-hydrogen) atoms. The average Bonchev–Trinajstić information content (AvgIpc) is 2.46. The Kier molecular flexibility index (Phi) is 4.90. The van der Waals surface area contributed by atoms with Gasteiger partial charge in [0, 0.05) is 15.7 Å². The number of nitrogens with zero attached hydrogens (tertiary/aromatic N) is 1. The second-order valence-corrected chi connectivity index (χ2v) is 4.96. The van der Waals surface area contributed by atoms with Crippen LogP contribution in [-0.4, -0.2) is 11.7 Å². The molecule has 2 rings (SSSR count). The largest absolute Gasteiger partial charge is 0.339 e. The average molecular weight is 332 g/mol. The summed E-state index contributed by atoms with van der Waals surface area (Å²) in [6.07, 6.45) is 0. The zero-order valence-electron chi connectivity index (χ0n) is 10.9. The van der Waals surface area contributed by atoms with Gasteiger partial charge in [0.25, 0.3) is 0 Å². The van der Waals surface area contributed by atoms with Gasteiger partial charge < -0.3 is 5.32 Å². The van der Waals surface area contributed by atoms with Gasteiger partial charge in [-0.1, -0.05) is 52.3 Å². The van der Waals surface area contributed by atoms with Crippen molar-refractivity contribution < 1.29 is 4.79 Å². The number of hydrogen-bond acceptors (Lipinski definition) is 2. The summed E-state index contributed by atoms with van der Waals surface area (Å²) in [6, 6.07) is 16.5. The van der Waals surface area contributed by atoms with Crippen molar-refractivity contribution in [1.82, 2.24) is 5.43 Å². The standard InChI is InChI=1S/C15H14BrN3O/c1-11(13-9-5-6-10-14(13)16)18-19-15(20)17-12-7-3-2-4-8-12/h2-10H,1H3,(H2,17,19,20)/b18-11+. The Bertz CT molecular complexity index is 626. The molecule has 0 aromatic heterocycles. The number of para-hydroxylation sites is 1. The number of anilines is 1. The van der Waals surface area contributed by atoms with E-state index in [1.807, 2.05) is 61.5 Å². The molecule has 2 aromatic carbocycles. The van der Waals surface area contributed by atoms with Crippen LogP contribution in [0.3, 0.4) is 0 Å². The summed E-state index contributed by atoms with van der Waals surface area (Å²) >= 11 is 3.45. The summed E-state index contributed by atoms with van der Waals surface area (Å²) in [7, 11) is 0. The lowest BCUT2D eigenvalue weighted by Crippen LogP contribution is -2.25. The van der Waals surface area contributed by atoms with Crippen LogP contribution < -0.4 is 10.7 Å². The lowest BCUT2D eigenvalue weighted by molar-refractivity contribution is 0.252. The van der Waals surface area contributed by atoms with Crippen molar-refractivity contribution in [3.63, 3.8) is 0 Å². The number of benzene rings is 2. The molecule has 0 aliphatic heterocycles. The summed E-state index contributed by atoms with van der Waals surface area (Å²) in [4.78, 5) is 11.7. The van der Waals surface area contributed by atoms with Gasteiger partial charge in [-0.25, -0.2) is 10.2 Å². The second-order valence-electron chi connectivity index (χ2n) is 4.11. The van der Waals surface area contributed by atoms with Gasteiger partial charge in [0.2, 0.25) is 0 Å².